The summed E-state index contributed by atoms with van der Waals surface area (Å²) in [6.45, 7) is 0. The minimum atomic E-state index is -0.656. The molecule has 12 heavy (non-hydrogen) atoms. The van der Waals surface area contributed by atoms with Gasteiger partial charge in [0.25, 0.3) is 5.96 Å². The first kappa shape index (κ1) is 8.31. The quantitative estimate of drug-likeness (QED) is 0.355. The number of guanidine groups is 1. The van der Waals surface area contributed by atoms with Crippen LogP contribution in [0.3, 0.4) is 0 Å². The van der Waals surface area contributed by atoms with Crippen LogP contribution in [0.15, 0.2) is 0 Å². The van der Waals surface area contributed by atoms with Crippen LogP contribution in [0.5, 0.6) is 0 Å². The number of hydrogen-bond donors (Lipinski definition) is 2. The van der Waals surface area contributed by atoms with Gasteiger partial charge in [-0.25, -0.2) is 9.59 Å². The van der Waals surface area contributed by atoms with Crippen LogP contribution in [0.4, 0.5) is 0 Å². The summed E-state index contributed by atoms with van der Waals surface area (Å²) in [7, 11) is 0. The van der Waals surface area contributed by atoms with Crippen molar-refractivity contribution < 1.29 is 19.3 Å². The molecule has 0 saturated carbocycles. The van der Waals surface area contributed by atoms with Crippen molar-refractivity contribution in [1.82, 2.24) is 5.23 Å². The molecule has 1 aliphatic heterocycles. The van der Waals surface area contributed by atoms with Gasteiger partial charge in [-0.3, -0.25) is 5.41 Å². The highest BCUT2D eigenvalue weighted by Gasteiger charge is 2.24. The predicted octanol–water partition coefficient (Wildman–Crippen LogP) is -1.11. The lowest BCUT2D eigenvalue weighted by Gasteiger charge is -2.14. The lowest BCUT2D eigenvalue weighted by atomic mass is 10.3. The average molecular weight is 173 g/mol. The van der Waals surface area contributed by atoms with E-state index in [-0.39, 0.29) is 18.1 Å². The molecule has 0 aromatic carbocycles. The van der Waals surface area contributed by atoms with Gasteiger partial charge in [0.05, 0.1) is 12.8 Å². The number of nitrogens with two attached hydrogens (primary N) is 1. The van der Waals surface area contributed by atoms with Crippen LogP contribution in [-0.2, 0) is 19.3 Å². The molecular weight excluding hydrogens is 166 g/mol. The second kappa shape index (κ2) is 3.07. The van der Waals surface area contributed by atoms with Gasteiger partial charge in [0.2, 0.25) is 0 Å². The molecule has 0 radical (unpaired) electrons. The second-order valence-electron chi connectivity index (χ2n) is 2.07. The zero-order valence-electron chi connectivity index (χ0n) is 6.07. The summed E-state index contributed by atoms with van der Waals surface area (Å²) in [5, 5.41) is 7.10. The Bertz CT molecular complexity index is 221. The Hall–Kier alpha value is -1.79. The van der Waals surface area contributed by atoms with Crippen molar-refractivity contribution in [3.8, 4) is 0 Å². The maximum Gasteiger partial charge on any atom is 0.337 e. The van der Waals surface area contributed by atoms with E-state index in [9.17, 15) is 9.59 Å². The Morgan fingerprint density at radius 1 is 1.33 bits per heavy atom. The van der Waals surface area contributed by atoms with E-state index in [4.69, 9.17) is 11.1 Å². The normalized spacial score (nSPS) is 17.8. The zero-order chi connectivity index (χ0) is 9.14. The van der Waals surface area contributed by atoms with Crippen LogP contribution >= 0.6 is 0 Å². The van der Waals surface area contributed by atoms with E-state index in [1.165, 1.54) is 0 Å². The van der Waals surface area contributed by atoms with Gasteiger partial charge in [0.1, 0.15) is 0 Å². The molecule has 0 bridgehead atoms. The van der Waals surface area contributed by atoms with Crippen molar-refractivity contribution in [3.05, 3.63) is 0 Å². The number of carbonyl (C=O) groups excluding carboxylic acids is 2. The standard InChI is InChI=1S/C5H7N3O4/c6-5(7)8-11-3(9)1-2-4(10)12-8/h1-2H2,(H3,6,7). The number of nitrogens with one attached hydrogen (secondary N) is 1. The van der Waals surface area contributed by atoms with E-state index in [0.29, 0.717) is 0 Å². The summed E-state index contributed by atoms with van der Waals surface area (Å²) in [4.78, 5) is 30.1. The average Bonchev–Trinajstić information content (AvgIpc) is 2.13. The van der Waals surface area contributed by atoms with Crippen molar-refractivity contribution >= 4 is 17.9 Å². The molecule has 1 heterocycles. The minimum absolute atomic E-state index is 0.0669. The molecule has 0 unspecified atom stereocenters. The fraction of sp³-hybridized carbons (Fsp3) is 0.400. The molecular formula is C5H7N3O4. The molecule has 66 valence electrons. The van der Waals surface area contributed by atoms with Gasteiger partial charge in [0.15, 0.2) is 0 Å². The van der Waals surface area contributed by atoms with Crippen LogP contribution in [-0.4, -0.2) is 23.1 Å². The second-order valence-corrected chi connectivity index (χ2v) is 2.07. The van der Waals surface area contributed by atoms with Gasteiger partial charge in [-0.15, -0.1) is 0 Å². The van der Waals surface area contributed by atoms with Crippen molar-refractivity contribution in [2.45, 2.75) is 12.8 Å². The molecule has 0 aliphatic carbocycles. The Balaban J connectivity index is 2.68. The van der Waals surface area contributed by atoms with Crippen molar-refractivity contribution in [2.24, 2.45) is 5.73 Å². The molecule has 1 saturated heterocycles. The fourth-order valence-electron chi connectivity index (χ4n) is 0.597. The molecule has 1 fully saturated rings. The summed E-state index contributed by atoms with van der Waals surface area (Å²) in [6.07, 6.45) is -0.134. The summed E-state index contributed by atoms with van der Waals surface area (Å²) < 4.78 is 0. The summed E-state index contributed by atoms with van der Waals surface area (Å²) >= 11 is 0. The zero-order valence-corrected chi connectivity index (χ0v) is 6.07. The molecule has 0 aromatic rings. The minimum Gasteiger partial charge on any atom is -0.365 e. The summed E-state index contributed by atoms with van der Waals surface area (Å²) in [5.74, 6) is -1.97. The van der Waals surface area contributed by atoms with E-state index >= 15 is 0 Å². The van der Waals surface area contributed by atoms with Crippen molar-refractivity contribution in [1.29, 1.82) is 5.41 Å². The third-order valence-corrected chi connectivity index (χ3v) is 1.10. The summed E-state index contributed by atoms with van der Waals surface area (Å²) in [6, 6.07) is 0. The number of hydrogen-bond acceptors (Lipinski definition) is 5. The topological polar surface area (TPSA) is 106 Å². The van der Waals surface area contributed by atoms with Gasteiger partial charge in [-0.2, -0.15) is 0 Å². The van der Waals surface area contributed by atoms with Gasteiger partial charge in [0, 0.05) is 5.23 Å². The molecule has 0 spiro atoms. The molecule has 1 rings (SSSR count). The van der Waals surface area contributed by atoms with Crippen LogP contribution in [0, 0.1) is 5.41 Å². The smallest absolute Gasteiger partial charge is 0.337 e. The molecule has 3 N–H and O–H groups in total. The van der Waals surface area contributed by atoms with E-state index in [0.717, 1.165) is 0 Å². The molecule has 0 aromatic heterocycles. The molecule has 0 atom stereocenters. The van der Waals surface area contributed by atoms with Crippen LogP contribution < -0.4 is 5.73 Å². The molecule has 0 amide bonds. The lowest BCUT2D eigenvalue weighted by molar-refractivity contribution is -0.276. The first-order chi connectivity index (χ1) is 5.59. The first-order valence-electron chi connectivity index (χ1n) is 3.15. The highest BCUT2D eigenvalue weighted by Crippen LogP contribution is 2.06. The number of hydroxylamine groups is 2. The monoisotopic (exact) mass is 173 g/mol. The van der Waals surface area contributed by atoms with E-state index in [1.807, 2.05) is 0 Å². The Morgan fingerprint density at radius 3 is 2.08 bits per heavy atom. The van der Waals surface area contributed by atoms with Crippen LogP contribution in [0.25, 0.3) is 0 Å². The number of carbonyl (C=O) groups is 2. The Labute approximate surface area is 67.4 Å². The molecule has 7 heteroatoms. The van der Waals surface area contributed by atoms with Crippen molar-refractivity contribution in [3.63, 3.8) is 0 Å². The highest BCUT2D eigenvalue weighted by atomic mass is 17.0. The Morgan fingerprint density at radius 2 is 1.75 bits per heavy atom. The van der Waals surface area contributed by atoms with Crippen molar-refractivity contribution in [2.75, 3.05) is 0 Å². The lowest BCUT2D eigenvalue weighted by Crippen LogP contribution is -2.37. The predicted molar refractivity (Wildman–Crippen MR) is 35.2 cm³/mol. The van der Waals surface area contributed by atoms with E-state index < -0.39 is 17.9 Å². The maximum absolute atomic E-state index is 10.7. The summed E-state index contributed by atoms with van der Waals surface area (Å²) in [5.41, 5.74) is 4.92. The van der Waals surface area contributed by atoms with Gasteiger partial charge in [-0.1, -0.05) is 0 Å². The van der Waals surface area contributed by atoms with Gasteiger partial charge < -0.3 is 15.4 Å². The number of nitrogens with zero attached hydrogens (tertiary/aromatic N) is 1. The first-order valence-corrected chi connectivity index (χ1v) is 3.15. The van der Waals surface area contributed by atoms with E-state index in [1.54, 1.807) is 0 Å². The van der Waals surface area contributed by atoms with Crippen LogP contribution in [0.2, 0.25) is 0 Å². The van der Waals surface area contributed by atoms with Gasteiger partial charge >= 0.3 is 11.9 Å². The SMILES string of the molecule is N=C(N)N1OC(=O)CCC(=O)O1. The third-order valence-electron chi connectivity index (χ3n) is 1.10. The largest absolute Gasteiger partial charge is 0.365 e. The Kier molecular flexibility index (Phi) is 2.13. The van der Waals surface area contributed by atoms with Crippen LogP contribution in [0.1, 0.15) is 12.8 Å². The van der Waals surface area contributed by atoms with E-state index in [2.05, 4.69) is 9.68 Å². The maximum atomic E-state index is 10.7. The number of rotatable bonds is 0. The molecule has 1 aliphatic rings. The highest BCUT2D eigenvalue weighted by molar-refractivity contribution is 5.82. The van der Waals surface area contributed by atoms with Gasteiger partial charge in [-0.05, 0) is 0 Å². The molecule has 7 nitrogen and oxygen atoms in total. The fourth-order valence-corrected chi connectivity index (χ4v) is 0.597. The third kappa shape index (κ3) is 1.84.